The van der Waals surface area contributed by atoms with Gasteiger partial charge >= 0.3 is 0 Å². The fourth-order valence-corrected chi connectivity index (χ4v) is 1.73. The quantitative estimate of drug-likeness (QED) is 0.301. The number of rotatable bonds is 7. The average Bonchev–Trinajstić information content (AvgIpc) is 2.43. The summed E-state index contributed by atoms with van der Waals surface area (Å²) in [6, 6.07) is 10.2. The van der Waals surface area contributed by atoms with Gasteiger partial charge in [0.1, 0.15) is 5.84 Å². The lowest BCUT2D eigenvalue weighted by atomic mass is 10.0. The van der Waals surface area contributed by atoms with Gasteiger partial charge in [0.2, 0.25) is 0 Å². The number of hydrogen-bond acceptors (Lipinski definition) is 3. The van der Waals surface area contributed by atoms with Gasteiger partial charge in [0.05, 0.1) is 0 Å². The highest BCUT2D eigenvalue weighted by molar-refractivity contribution is 5.80. The van der Waals surface area contributed by atoms with E-state index in [9.17, 15) is 0 Å². The molecule has 100 valence electrons. The number of nitrogens with zero attached hydrogens (tertiary/aromatic N) is 1. The molecule has 1 aromatic carbocycles. The van der Waals surface area contributed by atoms with Crippen LogP contribution in [-0.2, 0) is 0 Å². The van der Waals surface area contributed by atoms with E-state index in [1.54, 1.807) is 0 Å². The van der Waals surface area contributed by atoms with E-state index in [0.717, 1.165) is 18.5 Å². The normalized spacial score (nSPS) is 15.3. The summed E-state index contributed by atoms with van der Waals surface area (Å²) in [6.45, 7) is 5.31. The molecule has 0 aliphatic carbocycles. The Kier molecular flexibility index (Phi) is 6.22. The minimum absolute atomic E-state index is 0.0936. The van der Waals surface area contributed by atoms with E-state index in [2.05, 4.69) is 36.5 Å². The van der Waals surface area contributed by atoms with Gasteiger partial charge in [0, 0.05) is 12.5 Å². The minimum atomic E-state index is 0.0936. The Morgan fingerprint density at radius 3 is 2.61 bits per heavy atom. The molecule has 2 atom stereocenters. The molecule has 1 aromatic rings. The second-order valence-corrected chi connectivity index (χ2v) is 4.68. The number of oxime groups is 1. The lowest BCUT2D eigenvalue weighted by molar-refractivity contribution is 0.315. The van der Waals surface area contributed by atoms with Crippen molar-refractivity contribution in [3.63, 3.8) is 0 Å². The third-order valence-corrected chi connectivity index (χ3v) is 3.15. The predicted molar refractivity (Wildman–Crippen MR) is 74.7 cm³/mol. The first-order valence-corrected chi connectivity index (χ1v) is 6.42. The first kappa shape index (κ1) is 14.5. The topological polar surface area (TPSA) is 70.6 Å². The lowest BCUT2D eigenvalue weighted by Crippen LogP contribution is -2.30. The fourth-order valence-electron chi connectivity index (χ4n) is 1.73. The molecular formula is C14H23N3O. The van der Waals surface area contributed by atoms with Crippen LogP contribution in [0.25, 0.3) is 0 Å². The van der Waals surface area contributed by atoms with Gasteiger partial charge in [-0.25, -0.2) is 0 Å². The number of hydrogen-bond donors (Lipinski definition) is 3. The van der Waals surface area contributed by atoms with Crippen LogP contribution in [0.1, 0.15) is 38.3 Å². The van der Waals surface area contributed by atoms with Gasteiger partial charge in [-0.05, 0) is 18.0 Å². The first-order valence-electron chi connectivity index (χ1n) is 6.42. The van der Waals surface area contributed by atoms with E-state index in [-0.39, 0.29) is 11.9 Å². The Balaban J connectivity index is 2.69. The summed E-state index contributed by atoms with van der Waals surface area (Å²) < 4.78 is 0. The first-order chi connectivity index (χ1) is 8.67. The van der Waals surface area contributed by atoms with Crippen molar-refractivity contribution in [3.8, 4) is 0 Å². The maximum absolute atomic E-state index is 8.69. The Hall–Kier alpha value is -1.55. The molecule has 0 spiro atoms. The van der Waals surface area contributed by atoms with Gasteiger partial charge in [-0.3, -0.25) is 0 Å². The van der Waals surface area contributed by atoms with Crippen LogP contribution in [0.3, 0.4) is 0 Å². The van der Waals surface area contributed by atoms with Crippen molar-refractivity contribution in [2.75, 3.05) is 6.54 Å². The minimum Gasteiger partial charge on any atom is -0.409 e. The van der Waals surface area contributed by atoms with Gasteiger partial charge in [0.25, 0.3) is 0 Å². The lowest BCUT2D eigenvalue weighted by Gasteiger charge is -2.20. The van der Waals surface area contributed by atoms with Crippen molar-refractivity contribution in [3.05, 3.63) is 35.9 Å². The molecular weight excluding hydrogens is 226 g/mol. The molecule has 0 saturated heterocycles. The van der Waals surface area contributed by atoms with E-state index >= 15 is 0 Å². The van der Waals surface area contributed by atoms with Crippen LogP contribution in [0.15, 0.2) is 35.5 Å². The van der Waals surface area contributed by atoms with Crippen LogP contribution in [0.5, 0.6) is 0 Å². The second kappa shape index (κ2) is 7.71. The Bertz CT molecular complexity index is 365. The zero-order valence-corrected chi connectivity index (χ0v) is 11.1. The Morgan fingerprint density at radius 1 is 1.39 bits per heavy atom. The average molecular weight is 249 g/mol. The molecule has 4 nitrogen and oxygen atoms in total. The van der Waals surface area contributed by atoms with Gasteiger partial charge in [-0.2, -0.15) is 0 Å². The third-order valence-electron chi connectivity index (χ3n) is 3.15. The zero-order chi connectivity index (χ0) is 13.4. The summed E-state index contributed by atoms with van der Waals surface area (Å²) in [5.74, 6) is 0.865. The highest BCUT2D eigenvalue weighted by atomic mass is 16.4. The van der Waals surface area contributed by atoms with Crippen LogP contribution >= 0.6 is 0 Å². The molecule has 0 amide bonds. The highest BCUT2D eigenvalue weighted by Crippen LogP contribution is 2.17. The summed E-state index contributed by atoms with van der Waals surface area (Å²) in [6.07, 6.45) is 1.65. The van der Waals surface area contributed by atoms with E-state index in [4.69, 9.17) is 10.9 Å². The van der Waals surface area contributed by atoms with Crippen LogP contribution < -0.4 is 11.1 Å². The molecule has 0 fully saturated rings. The molecule has 18 heavy (non-hydrogen) atoms. The molecule has 4 heteroatoms. The van der Waals surface area contributed by atoms with Crippen molar-refractivity contribution < 1.29 is 5.21 Å². The second-order valence-electron chi connectivity index (χ2n) is 4.68. The van der Waals surface area contributed by atoms with Crippen LogP contribution in [0, 0.1) is 5.92 Å². The van der Waals surface area contributed by atoms with Crippen LogP contribution in [0.2, 0.25) is 0 Å². The van der Waals surface area contributed by atoms with Crippen molar-refractivity contribution in [1.29, 1.82) is 0 Å². The SMILES string of the molecule is CCC(C)CNC(C/C(N)=N/O)c1ccccc1. The molecule has 4 N–H and O–H groups in total. The third kappa shape index (κ3) is 4.75. The van der Waals surface area contributed by atoms with Gasteiger partial charge < -0.3 is 16.3 Å². The van der Waals surface area contributed by atoms with Gasteiger partial charge in [0.15, 0.2) is 0 Å². The smallest absolute Gasteiger partial charge is 0.141 e. The van der Waals surface area contributed by atoms with Crippen molar-refractivity contribution >= 4 is 5.84 Å². The maximum Gasteiger partial charge on any atom is 0.141 e. The zero-order valence-electron chi connectivity index (χ0n) is 11.1. The molecule has 0 heterocycles. The van der Waals surface area contributed by atoms with E-state index in [0.29, 0.717) is 12.3 Å². The number of amidine groups is 1. The van der Waals surface area contributed by atoms with E-state index in [1.165, 1.54) is 0 Å². The molecule has 0 aromatic heterocycles. The summed E-state index contributed by atoms with van der Waals surface area (Å²) in [7, 11) is 0. The maximum atomic E-state index is 8.69. The highest BCUT2D eigenvalue weighted by Gasteiger charge is 2.13. The van der Waals surface area contributed by atoms with Crippen molar-refractivity contribution in [1.82, 2.24) is 5.32 Å². The number of benzene rings is 1. The molecule has 0 bridgehead atoms. The van der Waals surface area contributed by atoms with Gasteiger partial charge in [-0.1, -0.05) is 55.8 Å². The molecule has 0 radical (unpaired) electrons. The number of nitrogens with one attached hydrogen (secondary N) is 1. The molecule has 1 rings (SSSR count). The summed E-state index contributed by atoms with van der Waals surface area (Å²) in [4.78, 5) is 0. The largest absolute Gasteiger partial charge is 0.409 e. The summed E-state index contributed by atoms with van der Waals surface area (Å²) in [5, 5.41) is 15.2. The van der Waals surface area contributed by atoms with Crippen molar-refractivity contribution in [2.45, 2.75) is 32.7 Å². The Labute approximate surface area is 109 Å². The molecule has 0 aliphatic heterocycles. The summed E-state index contributed by atoms with van der Waals surface area (Å²) in [5.41, 5.74) is 6.77. The van der Waals surface area contributed by atoms with Crippen LogP contribution in [-0.4, -0.2) is 17.6 Å². The predicted octanol–water partition coefficient (Wildman–Crippen LogP) is 2.50. The standard InChI is InChI=1S/C14H23N3O/c1-3-11(2)10-16-13(9-14(15)17-18)12-7-5-4-6-8-12/h4-8,11,13,16,18H,3,9-10H2,1-2H3,(H2,15,17). The van der Waals surface area contributed by atoms with Gasteiger partial charge in [-0.15, -0.1) is 0 Å². The van der Waals surface area contributed by atoms with Crippen molar-refractivity contribution in [2.24, 2.45) is 16.8 Å². The fraction of sp³-hybridized carbons (Fsp3) is 0.500. The number of nitrogens with two attached hydrogens (primary N) is 1. The monoisotopic (exact) mass is 249 g/mol. The Morgan fingerprint density at radius 2 is 2.06 bits per heavy atom. The van der Waals surface area contributed by atoms with Crippen LogP contribution in [0.4, 0.5) is 0 Å². The summed E-state index contributed by atoms with van der Waals surface area (Å²) >= 11 is 0. The van der Waals surface area contributed by atoms with E-state index in [1.807, 2.05) is 18.2 Å². The molecule has 0 saturated carbocycles. The van der Waals surface area contributed by atoms with E-state index < -0.39 is 0 Å². The molecule has 0 aliphatic rings. The molecule has 2 unspecified atom stereocenters.